The van der Waals surface area contributed by atoms with Crippen LogP contribution in [0.1, 0.15) is 19.4 Å². The van der Waals surface area contributed by atoms with Gasteiger partial charge in [0.25, 0.3) is 0 Å². The molecule has 1 rings (SSSR count). The van der Waals surface area contributed by atoms with E-state index in [1.54, 1.807) is 12.1 Å². The Labute approximate surface area is 120 Å². The number of sulfonamides is 1. The first kappa shape index (κ1) is 16.7. The van der Waals surface area contributed by atoms with Crippen LogP contribution in [0.4, 0.5) is 0 Å². The second-order valence-corrected chi connectivity index (χ2v) is 5.92. The van der Waals surface area contributed by atoms with Crippen LogP contribution in [0.25, 0.3) is 0 Å². The molecule has 0 saturated carbocycles. The van der Waals surface area contributed by atoms with Crippen molar-refractivity contribution >= 4 is 10.0 Å². The molecule has 20 heavy (non-hydrogen) atoms. The topological polar surface area (TPSA) is 81.4 Å². The third kappa shape index (κ3) is 5.31. The van der Waals surface area contributed by atoms with Crippen molar-refractivity contribution in [1.82, 2.24) is 4.72 Å². The molecule has 0 amide bonds. The minimum atomic E-state index is -3.55. The smallest absolute Gasteiger partial charge is 0.240 e. The summed E-state index contributed by atoms with van der Waals surface area (Å²) >= 11 is 0. The molecule has 0 aliphatic carbocycles. The first-order valence-corrected chi connectivity index (χ1v) is 7.88. The molecule has 0 bridgehead atoms. The van der Waals surface area contributed by atoms with Crippen LogP contribution in [0.15, 0.2) is 29.2 Å². The summed E-state index contributed by atoms with van der Waals surface area (Å²) < 4.78 is 32.1. The van der Waals surface area contributed by atoms with E-state index in [4.69, 9.17) is 10.5 Å². The van der Waals surface area contributed by atoms with Gasteiger partial charge in [-0.2, -0.15) is 0 Å². The lowest BCUT2D eigenvalue weighted by atomic mass is 10.2. The Morgan fingerprint density at radius 1 is 1.45 bits per heavy atom. The van der Waals surface area contributed by atoms with Gasteiger partial charge in [-0.05, 0) is 32.0 Å². The molecule has 0 fully saturated rings. The van der Waals surface area contributed by atoms with Gasteiger partial charge < -0.3 is 10.5 Å². The fraction of sp³-hybridized carbons (Fsp3) is 0.429. The summed E-state index contributed by atoms with van der Waals surface area (Å²) in [5.74, 6) is 5.50. The molecule has 1 aromatic carbocycles. The fourth-order valence-electron chi connectivity index (χ4n) is 1.55. The van der Waals surface area contributed by atoms with Crippen LogP contribution in [-0.2, 0) is 14.8 Å². The Kier molecular flexibility index (Phi) is 6.68. The van der Waals surface area contributed by atoms with Gasteiger partial charge in [0, 0.05) is 18.7 Å². The van der Waals surface area contributed by atoms with Crippen molar-refractivity contribution in [3.05, 3.63) is 29.8 Å². The molecule has 1 unspecified atom stereocenters. The Balaban J connectivity index is 2.82. The van der Waals surface area contributed by atoms with Crippen molar-refractivity contribution in [2.75, 3.05) is 19.7 Å². The Morgan fingerprint density at radius 3 is 2.85 bits per heavy atom. The number of ether oxygens (including phenoxy) is 1. The fourth-order valence-corrected chi connectivity index (χ4v) is 2.71. The minimum absolute atomic E-state index is 0.171. The summed E-state index contributed by atoms with van der Waals surface area (Å²) in [7, 11) is -3.55. The molecule has 0 saturated heterocycles. The maximum Gasteiger partial charge on any atom is 0.240 e. The number of hydrogen-bond donors (Lipinski definition) is 2. The van der Waals surface area contributed by atoms with Crippen molar-refractivity contribution in [2.45, 2.75) is 24.8 Å². The van der Waals surface area contributed by atoms with E-state index in [0.717, 1.165) is 0 Å². The highest BCUT2D eigenvalue weighted by molar-refractivity contribution is 7.89. The minimum Gasteiger partial charge on any atom is -0.377 e. The molecule has 0 aliphatic heterocycles. The lowest BCUT2D eigenvalue weighted by molar-refractivity contribution is 0.0799. The summed E-state index contributed by atoms with van der Waals surface area (Å²) in [5, 5.41) is 0. The maximum atomic E-state index is 12.1. The van der Waals surface area contributed by atoms with Crippen molar-refractivity contribution < 1.29 is 13.2 Å². The van der Waals surface area contributed by atoms with Gasteiger partial charge in [0.05, 0.1) is 17.5 Å². The number of nitrogens with two attached hydrogens (primary N) is 1. The zero-order chi connectivity index (χ0) is 15.0. The molecular formula is C14H20N2O3S. The van der Waals surface area contributed by atoms with Gasteiger partial charge in [-0.25, -0.2) is 13.1 Å². The maximum absolute atomic E-state index is 12.1. The molecular weight excluding hydrogens is 276 g/mol. The van der Waals surface area contributed by atoms with E-state index < -0.39 is 10.0 Å². The van der Waals surface area contributed by atoms with Crippen molar-refractivity contribution in [1.29, 1.82) is 0 Å². The third-order valence-corrected chi connectivity index (χ3v) is 3.91. The second kappa shape index (κ2) is 8.02. The monoisotopic (exact) mass is 296 g/mol. The van der Waals surface area contributed by atoms with Gasteiger partial charge in [-0.3, -0.25) is 0 Å². The standard InChI is InChI=1S/C14H20N2O3S/c1-3-19-12(2)11-16-20(17,18)14-8-4-6-13(10-14)7-5-9-15/h4,6,8,10,12,16H,3,9,11,15H2,1-2H3. The number of benzene rings is 1. The van der Waals surface area contributed by atoms with Gasteiger partial charge in [0.2, 0.25) is 10.0 Å². The van der Waals surface area contributed by atoms with Gasteiger partial charge in [0.15, 0.2) is 0 Å². The highest BCUT2D eigenvalue weighted by atomic mass is 32.2. The molecule has 0 spiro atoms. The molecule has 110 valence electrons. The zero-order valence-electron chi connectivity index (χ0n) is 11.7. The largest absolute Gasteiger partial charge is 0.377 e. The molecule has 0 aliphatic rings. The average molecular weight is 296 g/mol. The summed E-state index contributed by atoms with van der Waals surface area (Å²) in [5.41, 5.74) is 5.91. The molecule has 6 heteroatoms. The molecule has 0 heterocycles. The van der Waals surface area contributed by atoms with Crippen LogP contribution in [0, 0.1) is 11.8 Å². The Hall–Kier alpha value is -1.39. The number of nitrogens with one attached hydrogen (secondary N) is 1. The molecule has 1 aromatic rings. The van der Waals surface area contributed by atoms with Crippen LogP contribution < -0.4 is 10.5 Å². The average Bonchev–Trinajstić information content (AvgIpc) is 2.44. The predicted molar refractivity (Wildman–Crippen MR) is 78.7 cm³/mol. The highest BCUT2D eigenvalue weighted by Crippen LogP contribution is 2.10. The molecule has 3 N–H and O–H groups in total. The number of rotatable bonds is 6. The lowest BCUT2D eigenvalue weighted by Crippen LogP contribution is -2.32. The van der Waals surface area contributed by atoms with Crippen molar-refractivity contribution in [2.24, 2.45) is 5.73 Å². The molecule has 0 radical (unpaired) electrons. The number of hydrogen-bond acceptors (Lipinski definition) is 4. The van der Waals surface area contributed by atoms with Crippen LogP contribution >= 0.6 is 0 Å². The molecule has 1 atom stereocenters. The van der Waals surface area contributed by atoms with E-state index in [1.165, 1.54) is 12.1 Å². The van der Waals surface area contributed by atoms with Crippen molar-refractivity contribution in [3.8, 4) is 11.8 Å². The van der Waals surface area contributed by atoms with Crippen LogP contribution in [0.2, 0.25) is 0 Å². The summed E-state index contributed by atoms with van der Waals surface area (Å²) in [6.45, 7) is 4.70. The van der Waals surface area contributed by atoms with Gasteiger partial charge in [-0.15, -0.1) is 0 Å². The normalized spacial score (nSPS) is 12.6. The van der Waals surface area contributed by atoms with Crippen LogP contribution in [0.5, 0.6) is 0 Å². The van der Waals surface area contributed by atoms with E-state index in [2.05, 4.69) is 16.6 Å². The van der Waals surface area contributed by atoms with Gasteiger partial charge >= 0.3 is 0 Å². The lowest BCUT2D eigenvalue weighted by Gasteiger charge is -2.13. The summed E-state index contributed by atoms with van der Waals surface area (Å²) in [4.78, 5) is 0.185. The van der Waals surface area contributed by atoms with Crippen molar-refractivity contribution in [3.63, 3.8) is 0 Å². The van der Waals surface area contributed by atoms with Crippen LogP contribution in [0.3, 0.4) is 0 Å². The Bertz CT molecular complexity index is 588. The van der Waals surface area contributed by atoms with E-state index >= 15 is 0 Å². The predicted octanol–water partition coefficient (Wildman–Crippen LogP) is 0.700. The zero-order valence-corrected chi connectivity index (χ0v) is 12.5. The van der Waals surface area contributed by atoms with Gasteiger partial charge in [0.1, 0.15) is 0 Å². The first-order chi connectivity index (χ1) is 9.49. The quantitative estimate of drug-likeness (QED) is 0.757. The van der Waals surface area contributed by atoms with Crippen LogP contribution in [-0.4, -0.2) is 34.2 Å². The summed E-state index contributed by atoms with van der Waals surface area (Å²) in [6.07, 6.45) is -0.171. The van der Waals surface area contributed by atoms with E-state index in [1.807, 2.05) is 13.8 Å². The second-order valence-electron chi connectivity index (χ2n) is 4.15. The first-order valence-electron chi connectivity index (χ1n) is 6.40. The highest BCUT2D eigenvalue weighted by Gasteiger charge is 2.15. The van der Waals surface area contributed by atoms with E-state index in [0.29, 0.717) is 12.2 Å². The van der Waals surface area contributed by atoms with E-state index in [9.17, 15) is 8.42 Å². The molecule has 0 aromatic heterocycles. The molecule has 5 nitrogen and oxygen atoms in total. The summed E-state index contributed by atoms with van der Waals surface area (Å²) in [6, 6.07) is 6.45. The third-order valence-electron chi connectivity index (χ3n) is 2.49. The SMILES string of the molecule is CCOC(C)CNS(=O)(=O)c1cccc(C#CCN)c1. The van der Waals surface area contributed by atoms with E-state index in [-0.39, 0.29) is 24.1 Å². The van der Waals surface area contributed by atoms with Gasteiger partial charge in [-0.1, -0.05) is 17.9 Å². The Morgan fingerprint density at radius 2 is 2.20 bits per heavy atom.